The third-order valence-corrected chi connectivity index (χ3v) is 3.85. The summed E-state index contributed by atoms with van der Waals surface area (Å²) in [6.07, 6.45) is 1.90. The van der Waals surface area contributed by atoms with Crippen molar-refractivity contribution in [1.82, 2.24) is 10.2 Å². The number of benzene rings is 1. The van der Waals surface area contributed by atoms with Crippen LogP contribution in [0.15, 0.2) is 18.2 Å². The monoisotopic (exact) mass is 296 g/mol. The quantitative estimate of drug-likeness (QED) is 0.714. The number of nitrogens with one attached hydrogen (secondary N) is 1. The Labute approximate surface area is 128 Å². The summed E-state index contributed by atoms with van der Waals surface area (Å²) in [4.78, 5) is 2.36. The van der Waals surface area contributed by atoms with Gasteiger partial charge >= 0.3 is 0 Å². The van der Waals surface area contributed by atoms with Crippen LogP contribution < -0.4 is 10.1 Å². The van der Waals surface area contributed by atoms with Crippen molar-refractivity contribution in [2.45, 2.75) is 39.7 Å². The molecule has 4 heteroatoms. The van der Waals surface area contributed by atoms with E-state index in [0.29, 0.717) is 11.3 Å². The van der Waals surface area contributed by atoms with Gasteiger partial charge in [-0.15, -0.1) is 0 Å². The summed E-state index contributed by atoms with van der Waals surface area (Å²) in [6.45, 7) is 10.3. The minimum absolute atomic E-state index is 0.0123. The van der Waals surface area contributed by atoms with Gasteiger partial charge in [0.2, 0.25) is 0 Å². The van der Waals surface area contributed by atoms with E-state index in [4.69, 9.17) is 4.74 Å². The van der Waals surface area contributed by atoms with Gasteiger partial charge in [0.05, 0.1) is 7.11 Å². The van der Waals surface area contributed by atoms with Crippen LogP contribution in [0.3, 0.4) is 0 Å². The fourth-order valence-corrected chi connectivity index (χ4v) is 2.55. The van der Waals surface area contributed by atoms with Crippen LogP contribution in [-0.4, -0.2) is 38.2 Å². The Morgan fingerprint density at radius 1 is 1.24 bits per heavy atom. The molecule has 1 aromatic carbocycles. The topological polar surface area (TPSA) is 24.5 Å². The Hall–Kier alpha value is -1.13. The van der Waals surface area contributed by atoms with E-state index in [1.54, 1.807) is 13.2 Å². The smallest absolute Gasteiger partial charge is 0.131 e. The fourth-order valence-electron chi connectivity index (χ4n) is 2.55. The zero-order chi connectivity index (χ0) is 15.7. The van der Waals surface area contributed by atoms with Crippen LogP contribution in [0.5, 0.6) is 5.75 Å². The van der Waals surface area contributed by atoms with E-state index in [2.05, 4.69) is 31.0 Å². The van der Waals surface area contributed by atoms with Gasteiger partial charge in [0.1, 0.15) is 11.6 Å². The zero-order valence-electron chi connectivity index (χ0n) is 13.8. The fraction of sp³-hybridized carbons (Fsp3) is 0.647. The third-order valence-electron chi connectivity index (χ3n) is 3.85. The van der Waals surface area contributed by atoms with Crippen molar-refractivity contribution < 1.29 is 9.13 Å². The molecule has 0 heterocycles. The number of hydrogen-bond acceptors (Lipinski definition) is 3. The first-order valence-corrected chi connectivity index (χ1v) is 7.95. The Kier molecular flexibility index (Phi) is 8.31. The molecule has 0 amide bonds. The van der Waals surface area contributed by atoms with Crippen molar-refractivity contribution in [1.29, 1.82) is 0 Å². The highest BCUT2D eigenvalue weighted by molar-refractivity contribution is 5.37. The van der Waals surface area contributed by atoms with E-state index in [9.17, 15) is 4.39 Å². The van der Waals surface area contributed by atoms with E-state index in [1.807, 2.05) is 6.07 Å². The molecule has 0 spiro atoms. The number of hydrogen-bond donors (Lipinski definition) is 1. The first-order valence-electron chi connectivity index (χ1n) is 7.95. The van der Waals surface area contributed by atoms with E-state index < -0.39 is 0 Å². The van der Waals surface area contributed by atoms with Crippen molar-refractivity contribution in [3.8, 4) is 5.75 Å². The molecule has 0 radical (unpaired) electrons. The van der Waals surface area contributed by atoms with Gasteiger partial charge in [-0.1, -0.05) is 26.8 Å². The lowest BCUT2D eigenvalue weighted by Crippen LogP contribution is -2.30. The van der Waals surface area contributed by atoms with Gasteiger partial charge in [-0.05, 0) is 51.2 Å². The molecule has 1 aromatic rings. The Bertz CT molecular complexity index is 408. The predicted molar refractivity (Wildman–Crippen MR) is 86.4 cm³/mol. The maximum absolute atomic E-state index is 14.3. The predicted octanol–water partition coefficient (Wildman–Crippen LogP) is 3.61. The lowest BCUT2D eigenvalue weighted by molar-refractivity contribution is 0.278. The van der Waals surface area contributed by atoms with E-state index >= 15 is 0 Å². The number of ether oxygens (including phenoxy) is 1. The largest absolute Gasteiger partial charge is 0.496 e. The van der Waals surface area contributed by atoms with Crippen LogP contribution >= 0.6 is 0 Å². The number of rotatable bonds is 10. The van der Waals surface area contributed by atoms with Gasteiger partial charge in [0.15, 0.2) is 0 Å². The molecule has 0 saturated heterocycles. The maximum Gasteiger partial charge on any atom is 0.131 e. The summed E-state index contributed by atoms with van der Waals surface area (Å²) in [7, 11) is 1.60. The first-order chi connectivity index (χ1) is 10.2. The molecule has 0 fully saturated rings. The van der Waals surface area contributed by atoms with Crippen molar-refractivity contribution in [3.63, 3.8) is 0 Å². The minimum atomic E-state index is -0.192. The van der Waals surface area contributed by atoms with Crippen molar-refractivity contribution in [3.05, 3.63) is 29.6 Å². The molecule has 0 aliphatic carbocycles. The van der Waals surface area contributed by atoms with Gasteiger partial charge < -0.3 is 15.0 Å². The van der Waals surface area contributed by atoms with Gasteiger partial charge in [-0.3, -0.25) is 0 Å². The maximum atomic E-state index is 14.3. The molecule has 21 heavy (non-hydrogen) atoms. The number of methoxy groups -OCH3 is 1. The normalized spacial score (nSPS) is 12.7. The SMILES string of the molecule is CCCNC(CCN(CC)CC)c1c(F)cccc1OC. The Morgan fingerprint density at radius 3 is 2.52 bits per heavy atom. The highest BCUT2D eigenvalue weighted by atomic mass is 19.1. The molecule has 1 N–H and O–H groups in total. The summed E-state index contributed by atoms with van der Waals surface area (Å²) in [5.41, 5.74) is 0.653. The molecule has 3 nitrogen and oxygen atoms in total. The molecule has 120 valence electrons. The number of halogens is 1. The second-order valence-electron chi connectivity index (χ2n) is 5.18. The van der Waals surface area contributed by atoms with E-state index in [-0.39, 0.29) is 11.9 Å². The van der Waals surface area contributed by atoms with E-state index in [1.165, 1.54) is 6.07 Å². The molecular formula is C17H29FN2O. The highest BCUT2D eigenvalue weighted by Crippen LogP contribution is 2.30. The molecule has 0 aromatic heterocycles. The van der Waals surface area contributed by atoms with Crippen LogP contribution in [0.4, 0.5) is 4.39 Å². The molecule has 0 aliphatic heterocycles. The van der Waals surface area contributed by atoms with Crippen molar-refractivity contribution >= 4 is 0 Å². The summed E-state index contributed by atoms with van der Waals surface area (Å²) < 4.78 is 19.6. The molecule has 1 atom stereocenters. The Morgan fingerprint density at radius 2 is 1.95 bits per heavy atom. The van der Waals surface area contributed by atoms with Crippen LogP contribution in [-0.2, 0) is 0 Å². The van der Waals surface area contributed by atoms with E-state index in [0.717, 1.165) is 39.0 Å². The van der Waals surface area contributed by atoms with Crippen LogP contribution in [0.2, 0.25) is 0 Å². The summed E-state index contributed by atoms with van der Waals surface area (Å²) in [5, 5.41) is 3.46. The molecule has 0 aliphatic rings. The minimum Gasteiger partial charge on any atom is -0.496 e. The second kappa shape index (κ2) is 9.74. The molecule has 0 saturated carbocycles. The molecule has 0 bridgehead atoms. The van der Waals surface area contributed by atoms with Gasteiger partial charge in [0.25, 0.3) is 0 Å². The number of nitrogens with zero attached hydrogens (tertiary/aromatic N) is 1. The zero-order valence-corrected chi connectivity index (χ0v) is 13.8. The van der Waals surface area contributed by atoms with Crippen LogP contribution in [0, 0.1) is 5.82 Å². The highest BCUT2D eigenvalue weighted by Gasteiger charge is 2.20. The van der Waals surface area contributed by atoms with Crippen molar-refractivity contribution in [2.75, 3.05) is 33.3 Å². The Balaban J connectivity index is 2.91. The summed E-state index contributed by atoms with van der Waals surface area (Å²) >= 11 is 0. The second-order valence-corrected chi connectivity index (χ2v) is 5.18. The molecular weight excluding hydrogens is 267 g/mol. The standard InChI is InChI=1S/C17H29FN2O/c1-5-12-19-15(11-13-20(6-2)7-3)17-14(18)9-8-10-16(17)21-4/h8-10,15,19H,5-7,11-13H2,1-4H3. The van der Waals surface area contributed by atoms with Crippen LogP contribution in [0.25, 0.3) is 0 Å². The van der Waals surface area contributed by atoms with Gasteiger partial charge in [0, 0.05) is 11.6 Å². The lowest BCUT2D eigenvalue weighted by Gasteiger charge is -2.25. The van der Waals surface area contributed by atoms with Crippen LogP contribution in [0.1, 0.15) is 45.2 Å². The lowest BCUT2D eigenvalue weighted by atomic mass is 10.0. The molecule has 1 unspecified atom stereocenters. The summed E-state index contributed by atoms with van der Waals surface area (Å²) in [6, 6.07) is 5.02. The molecule has 1 rings (SSSR count). The summed E-state index contributed by atoms with van der Waals surface area (Å²) in [5.74, 6) is 0.436. The van der Waals surface area contributed by atoms with Gasteiger partial charge in [-0.25, -0.2) is 4.39 Å². The van der Waals surface area contributed by atoms with Crippen molar-refractivity contribution in [2.24, 2.45) is 0 Å². The first kappa shape index (κ1) is 17.9. The van der Waals surface area contributed by atoms with Gasteiger partial charge in [-0.2, -0.15) is 0 Å². The average Bonchev–Trinajstić information content (AvgIpc) is 2.51. The third kappa shape index (κ3) is 5.29. The average molecular weight is 296 g/mol.